The molecule has 1 fully saturated rings. The SMILES string of the molecule is COc1ccc([C@@H]2CCCN2Cc2ncc(Cl)n2C)cc1. The van der Waals surface area contributed by atoms with E-state index in [1.807, 2.05) is 23.7 Å². The Kier molecular flexibility index (Phi) is 4.17. The van der Waals surface area contributed by atoms with E-state index in [0.717, 1.165) is 24.7 Å². The van der Waals surface area contributed by atoms with E-state index in [-0.39, 0.29) is 0 Å². The van der Waals surface area contributed by atoms with Crippen molar-refractivity contribution in [2.45, 2.75) is 25.4 Å². The quantitative estimate of drug-likeness (QED) is 0.867. The summed E-state index contributed by atoms with van der Waals surface area (Å²) in [5, 5.41) is 0.685. The zero-order valence-electron chi connectivity index (χ0n) is 12.4. The highest BCUT2D eigenvalue weighted by Gasteiger charge is 2.27. The van der Waals surface area contributed by atoms with Gasteiger partial charge in [-0.15, -0.1) is 0 Å². The van der Waals surface area contributed by atoms with Crippen LogP contribution < -0.4 is 4.74 Å². The second-order valence-electron chi connectivity index (χ2n) is 5.46. The molecule has 0 bridgehead atoms. The van der Waals surface area contributed by atoms with Crippen LogP contribution in [0, 0.1) is 0 Å². The lowest BCUT2D eigenvalue weighted by Gasteiger charge is -2.24. The van der Waals surface area contributed by atoms with Gasteiger partial charge in [0.2, 0.25) is 0 Å². The van der Waals surface area contributed by atoms with Crippen molar-refractivity contribution in [3.8, 4) is 5.75 Å². The molecule has 0 spiro atoms. The third-order valence-electron chi connectivity index (χ3n) is 4.24. The number of rotatable bonds is 4. The zero-order chi connectivity index (χ0) is 14.8. The smallest absolute Gasteiger partial charge is 0.128 e. The van der Waals surface area contributed by atoms with Crippen molar-refractivity contribution >= 4 is 11.6 Å². The fourth-order valence-corrected chi connectivity index (χ4v) is 3.12. The Morgan fingerprint density at radius 2 is 2.10 bits per heavy atom. The van der Waals surface area contributed by atoms with Crippen LogP contribution in [0.3, 0.4) is 0 Å². The molecule has 1 aliphatic rings. The summed E-state index contributed by atoms with van der Waals surface area (Å²) in [6, 6.07) is 8.83. The number of hydrogen-bond acceptors (Lipinski definition) is 3. The van der Waals surface area contributed by atoms with Gasteiger partial charge in [0.05, 0.1) is 19.9 Å². The molecule has 1 aliphatic heterocycles. The highest BCUT2D eigenvalue weighted by atomic mass is 35.5. The van der Waals surface area contributed by atoms with E-state index in [9.17, 15) is 0 Å². The highest BCUT2D eigenvalue weighted by Crippen LogP contribution is 2.33. The predicted octanol–water partition coefficient (Wildman–Crippen LogP) is 3.42. The van der Waals surface area contributed by atoms with Gasteiger partial charge in [-0.3, -0.25) is 4.90 Å². The number of methoxy groups -OCH3 is 1. The molecule has 3 rings (SSSR count). The molecule has 1 atom stereocenters. The van der Waals surface area contributed by atoms with Gasteiger partial charge in [-0.25, -0.2) is 4.98 Å². The third kappa shape index (κ3) is 2.92. The number of likely N-dealkylation sites (tertiary alicyclic amines) is 1. The number of ether oxygens (including phenoxy) is 1. The Labute approximate surface area is 130 Å². The number of benzene rings is 1. The van der Waals surface area contributed by atoms with Gasteiger partial charge in [0.25, 0.3) is 0 Å². The maximum atomic E-state index is 6.07. The summed E-state index contributed by atoms with van der Waals surface area (Å²) in [6.07, 6.45) is 4.12. The summed E-state index contributed by atoms with van der Waals surface area (Å²) in [4.78, 5) is 6.88. The Morgan fingerprint density at radius 1 is 1.33 bits per heavy atom. The molecular formula is C16H20ClN3O. The van der Waals surface area contributed by atoms with Gasteiger partial charge in [-0.05, 0) is 37.1 Å². The number of aromatic nitrogens is 2. The molecule has 0 amide bonds. The molecule has 1 aromatic heterocycles. The second kappa shape index (κ2) is 6.08. The highest BCUT2D eigenvalue weighted by molar-refractivity contribution is 6.29. The molecule has 0 saturated carbocycles. The average molecular weight is 306 g/mol. The summed E-state index contributed by atoms with van der Waals surface area (Å²) in [5.41, 5.74) is 1.34. The second-order valence-corrected chi connectivity index (χ2v) is 5.85. The Bertz CT molecular complexity index is 608. The summed E-state index contributed by atoms with van der Waals surface area (Å²) < 4.78 is 7.18. The molecule has 2 heterocycles. The molecular weight excluding hydrogens is 286 g/mol. The number of nitrogens with zero attached hydrogens (tertiary/aromatic N) is 3. The number of hydrogen-bond donors (Lipinski definition) is 0. The van der Waals surface area contributed by atoms with Gasteiger partial charge in [-0.2, -0.15) is 0 Å². The molecule has 1 saturated heterocycles. The van der Waals surface area contributed by atoms with E-state index < -0.39 is 0 Å². The molecule has 0 aliphatic carbocycles. The molecule has 0 radical (unpaired) electrons. The summed E-state index contributed by atoms with van der Waals surface area (Å²) in [7, 11) is 3.66. The fraction of sp³-hybridized carbons (Fsp3) is 0.438. The first kappa shape index (κ1) is 14.4. The van der Waals surface area contributed by atoms with Gasteiger partial charge in [0, 0.05) is 13.1 Å². The monoisotopic (exact) mass is 305 g/mol. The number of imidazole rings is 1. The molecule has 0 unspecified atom stereocenters. The van der Waals surface area contributed by atoms with E-state index in [4.69, 9.17) is 16.3 Å². The average Bonchev–Trinajstić information content (AvgIpc) is 3.10. The standard InChI is InChI=1S/C16H20ClN3O/c1-19-15(17)10-18-16(19)11-20-9-3-4-14(20)12-5-7-13(21-2)8-6-12/h5-8,10,14H,3-4,9,11H2,1-2H3/t14-/m0/s1. The van der Waals surface area contributed by atoms with Crippen LogP contribution in [0.25, 0.3) is 0 Å². The summed E-state index contributed by atoms with van der Waals surface area (Å²) in [6.45, 7) is 1.93. The van der Waals surface area contributed by atoms with E-state index in [1.54, 1.807) is 13.3 Å². The van der Waals surface area contributed by atoms with Crippen molar-refractivity contribution in [2.75, 3.05) is 13.7 Å². The molecule has 0 N–H and O–H groups in total. The van der Waals surface area contributed by atoms with Crippen molar-refractivity contribution in [3.63, 3.8) is 0 Å². The van der Waals surface area contributed by atoms with Crippen LogP contribution in [0.2, 0.25) is 5.15 Å². The minimum absolute atomic E-state index is 0.450. The fourth-order valence-electron chi connectivity index (χ4n) is 2.97. The molecule has 5 heteroatoms. The maximum Gasteiger partial charge on any atom is 0.128 e. The lowest BCUT2D eigenvalue weighted by atomic mass is 10.0. The zero-order valence-corrected chi connectivity index (χ0v) is 13.2. The first-order valence-electron chi connectivity index (χ1n) is 7.23. The van der Waals surface area contributed by atoms with Gasteiger partial charge in [-0.1, -0.05) is 23.7 Å². The van der Waals surface area contributed by atoms with Crippen molar-refractivity contribution < 1.29 is 4.74 Å². The first-order chi connectivity index (χ1) is 10.2. The predicted molar refractivity (Wildman–Crippen MR) is 83.6 cm³/mol. The lowest BCUT2D eigenvalue weighted by Crippen LogP contribution is -2.24. The normalized spacial score (nSPS) is 19.1. The summed E-state index contributed by atoms with van der Waals surface area (Å²) in [5.74, 6) is 1.92. The molecule has 112 valence electrons. The van der Waals surface area contributed by atoms with Crippen LogP contribution in [0.15, 0.2) is 30.5 Å². The minimum Gasteiger partial charge on any atom is -0.497 e. The van der Waals surface area contributed by atoms with Crippen LogP contribution in [0.1, 0.15) is 30.3 Å². The molecule has 1 aromatic carbocycles. The van der Waals surface area contributed by atoms with Gasteiger partial charge in [0.1, 0.15) is 16.7 Å². The van der Waals surface area contributed by atoms with Crippen LogP contribution >= 0.6 is 11.6 Å². The summed E-state index contributed by atoms with van der Waals surface area (Å²) >= 11 is 6.07. The van der Waals surface area contributed by atoms with E-state index in [1.165, 1.54) is 18.4 Å². The van der Waals surface area contributed by atoms with Crippen molar-refractivity contribution in [2.24, 2.45) is 7.05 Å². The maximum absolute atomic E-state index is 6.07. The van der Waals surface area contributed by atoms with Gasteiger partial charge >= 0.3 is 0 Å². The first-order valence-corrected chi connectivity index (χ1v) is 7.61. The Hall–Kier alpha value is -1.52. The van der Waals surface area contributed by atoms with E-state index >= 15 is 0 Å². The Morgan fingerprint density at radius 3 is 2.71 bits per heavy atom. The topological polar surface area (TPSA) is 30.3 Å². The number of halogens is 1. The minimum atomic E-state index is 0.450. The Balaban J connectivity index is 1.77. The lowest BCUT2D eigenvalue weighted by molar-refractivity contribution is 0.240. The van der Waals surface area contributed by atoms with E-state index in [2.05, 4.69) is 22.0 Å². The van der Waals surface area contributed by atoms with Crippen LogP contribution in [0.5, 0.6) is 5.75 Å². The van der Waals surface area contributed by atoms with Gasteiger partial charge < -0.3 is 9.30 Å². The van der Waals surface area contributed by atoms with Crippen molar-refractivity contribution in [1.29, 1.82) is 0 Å². The third-order valence-corrected chi connectivity index (χ3v) is 4.59. The molecule has 4 nitrogen and oxygen atoms in total. The van der Waals surface area contributed by atoms with Crippen molar-refractivity contribution in [1.82, 2.24) is 14.5 Å². The molecule has 21 heavy (non-hydrogen) atoms. The van der Waals surface area contributed by atoms with Gasteiger partial charge in [0.15, 0.2) is 0 Å². The van der Waals surface area contributed by atoms with Crippen LogP contribution in [-0.4, -0.2) is 28.1 Å². The molecule has 2 aromatic rings. The van der Waals surface area contributed by atoms with E-state index in [0.29, 0.717) is 11.2 Å². The van der Waals surface area contributed by atoms with Crippen LogP contribution in [-0.2, 0) is 13.6 Å². The van der Waals surface area contributed by atoms with Crippen LogP contribution in [0.4, 0.5) is 0 Å². The largest absolute Gasteiger partial charge is 0.497 e. The van der Waals surface area contributed by atoms with Crippen molar-refractivity contribution in [3.05, 3.63) is 47.0 Å².